The van der Waals surface area contributed by atoms with Gasteiger partial charge in [0.25, 0.3) is 0 Å². The molecule has 4 nitrogen and oxygen atoms in total. The molecular weight excluding hydrogens is 448 g/mol. The lowest BCUT2D eigenvalue weighted by Gasteiger charge is -2.12. The molecule has 1 rings (SSSR count). The van der Waals surface area contributed by atoms with E-state index < -0.39 is 5.63 Å². The summed E-state index contributed by atoms with van der Waals surface area (Å²) >= 11 is 0. The van der Waals surface area contributed by atoms with E-state index >= 15 is 0 Å². The van der Waals surface area contributed by atoms with E-state index in [-0.39, 0.29) is 23.8 Å². The van der Waals surface area contributed by atoms with E-state index in [0.29, 0.717) is 17.2 Å². The van der Waals surface area contributed by atoms with Gasteiger partial charge in [0.2, 0.25) is 0 Å². The van der Waals surface area contributed by atoms with Gasteiger partial charge in [-0.3, -0.25) is 0 Å². The van der Waals surface area contributed by atoms with E-state index in [2.05, 4.69) is 71.9 Å². The molecule has 0 spiro atoms. The number of aliphatic hydroxyl groups excluding tert-OH is 1. The Hall–Kier alpha value is -2.59. The molecule has 2 N–H and O–H groups in total. The van der Waals surface area contributed by atoms with Crippen LogP contribution in [0.3, 0.4) is 0 Å². The maximum Gasteiger partial charge on any atom is 0.342 e. The smallest absolute Gasteiger partial charge is 0.342 e. The predicted octanol–water partition coefficient (Wildman–Crippen LogP) is 8.37. The van der Waals surface area contributed by atoms with E-state index in [4.69, 9.17) is 4.42 Å². The van der Waals surface area contributed by atoms with Crippen molar-refractivity contribution in [2.45, 2.75) is 94.4 Å². The van der Waals surface area contributed by atoms with Crippen molar-refractivity contribution in [1.29, 1.82) is 0 Å². The first kappa shape index (κ1) is 31.4. The highest BCUT2D eigenvalue weighted by atomic mass is 16.4. The van der Waals surface area contributed by atoms with E-state index in [0.717, 1.165) is 37.7 Å². The second kappa shape index (κ2) is 15.5. The van der Waals surface area contributed by atoms with Gasteiger partial charge in [0.15, 0.2) is 0 Å². The van der Waals surface area contributed by atoms with Gasteiger partial charge < -0.3 is 14.6 Å². The molecule has 4 heteroatoms. The molecule has 2 unspecified atom stereocenters. The zero-order valence-corrected chi connectivity index (χ0v) is 24.0. The average molecular weight is 497 g/mol. The van der Waals surface area contributed by atoms with E-state index in [1.165, 1.54) is 22.3 Å². The van der Waals surface area contributed by atoms with Crippen molar-refractivity contribution in [1.82, 2.24) is 0 Å². The number of aromatic hydroxyl groups is 1. The molecule has 2 atom stereocenters. The second-order valence-electron chi connectivity index (χ2n) is 10.5. The SMILES string of the molecule is CCCC(CO)C/C(C)=C/C/C=C(C)/C=C(C)/C=C(\C)CC(C)/C=C(\C)c1oc(=O)c(C)c(O)c1C. The Kier molecular flexibility index (Phi) is 13.5. The highest BCUT2D eigenvalue weighted by Crippen LogP contribution is 2.28. The van der Waals surface area contributed by atoms with Gasteiger partial charge in [0, 0.05) is 12.2 Å². The molecule has 1 heterocycles. The first-order chi connectivity index (χ1) is 16.9. The maximum atomic E-state index is 12.0. The molecule has 0 aliphatic heterocycles. The lowest BCUT2D eigenvalue weighted by atomic mass is 9.96. The Morgan fingerprint density at radius 2 is 1.61 bits per heavy atom. The topological polar surface area (TPSA) is 70.7 Å². The number of rotatable bonds is 13. The van der Waals surface area contributed by atoms with E-state index in [1.54, 1.807) is 13.8 Å². The fourth-order valence-electron chi connectivity index (χ4n) is 4.73. The minimum atomic E-state index is -0.495. The van der Waals surface area contributed by atoms with Crippen LogP contribution >= 0.6 is 0 Å². The Bertz CT molecular complexity index is 1080. The molecule has 36 heavy (non-hydrogen) atoms. The summed E-state index contributed by atoms with van der Waals surface area (Å²) in [5.41, 5.74) is 6.27. The number of allylic oxidation sites excluding steroid dienone is 10. The third-order valence-electron chi connectivity index (χ3n) is 6.49. The highest BCUT2D eigenvalue weighted by Gasteiger charge is 2.15. The number of hydrogen-bond donors (Lipinski definition) is 2. The summed E-state index contributed by atoms with van der Waals surface area (Å²) in [6, 6.07) is 0. The van der Waals surface area contributed by atoms with E-state index in [1.807, 2.05) is 6.92 Å². The number of aliphatic hydroxyl groups is 1. The Morgan fingerprint density at radius 1 is 0.944 bits per heavy atom. The summed E-state index contributed by atoms with van der Waals surface area (Å²) in [6.45, 7) is 18.4. The first-order valence-corrected chi connectivity index (χ1v) is 13.2. The Balaban J connectivity index is 2.80. The molecular formula is C32H48O4. The van der Waals surface area contributed by atoms with Crippen LogP contribution in [0.2, 0.25) is 0 Å². The molecule has 1 aromatic rings. The van der Waals surface area contributed by atoms with Gasteiger partial charge in [-0.1, -0.05) is 72.9 Å². The van der Waals surface area contributed by atoms with Gasteiger partial charge in [-0.25, -0.2) is 4.79 Å². The Morgan fingerprint density at radius 3 is 2.22 bits per heavy atom. The van der Waals surface area contributed by atoms with Crippen molar-refractivity contribution in [3.05, 3.63) is 80.0 Å². The van der Waals surface area contributed by atoms with Crippen molar-refractivity contribution in [3.63, 3.8) is 0 Å². The van der Waals surface area contributed by atoms with Crippen LogP contribution in [0.25, 0.3) is 5.57 Å². The minimum Gasteiger partial charge on any atom is -0.507 e. The third-order valence-corrected chi connectivity index (χ3v) is 6.49. The van der Waals surface area contributed by atoms with Gasteiger partial charge >= 0.3 is 5.63 Å². The molecule has 0 fully saturated rings. The molecule has 0 bridgehead atoms. The zero-order valence-electron chi connectivity index (χ0n) is 24.0. The number of hydrogen-bond acceptors (Lipinski definition) is 4. The summed E-state index contributed by atoms with van der Waals surface area (Å²) in [6.07, 6.45) is 16.0. The Labute approximate surface area is 218 Å². The average Bonchev–Trinajstić information content (AvgIpc) is 2.79. The zero-order chi connectivity index (χ0) is 27.4. The summed E-state index contributed by atoms with van der Waals surface area (Å²) in [4.78, 5) is 12.0. The normalized spacial score (nSPS) is 15.9. The molecule has 0 saturated carbocycles. The van der Waals surface area contributed by atoms with Gasteiger partial charge in [0.05, 0.1) is 5.56 Å². The van der Waals surface area contributed by atoms with Gasteiger partial charge in [0.1, 0.15) is 11.5 Å². The summed E-state index contributed by atoms with van der Waals surface area (Å²) in [7, 11) is 0. The maximum absolute atomic E-state index is 12.0. The van der Waals surface area contributed by atoms with Crippen LogP contribution in [0.1, 0.15) is 97.5 Å². The standard InChI is InChI=1S/C32H48O4/c1-10-12-29(20-33)19-22(3)14-11-13-21(2)15-23(4)16-24(5)17-25(6)18-26(7)31-27(8)30(34)28(9)32(35)36-31/h13-16,18,25,29,33-34H,10-12,17,19-20H2,1-9H3/b21-13+,22-14+,23-15+,24-16+,26-18+. The lowest BCUT2D eigenvalue weighted by Crippen LogP contribution is -2.07. The predicted molar refractivity (Wildman–Crippen MR) is 153 cm³/mol. The summed E-state index contributed by atoms with van der Waals surface area (Å²) in [5, 5.41) is 19.7. The molecule has 0 aromatic carbocycles. The molecule has 0 radical (unpaired) electrons. The first-order valence-electron chi connectivity index (χ1n) is 13.2. The fourth-order valence-corrected chi connectivity index (χ4v) is 4.73. The van der Waals surface area contributed by atoms with Crippen LogP contribution in [0.4, 0.5) is 0 Å². The van der Waals surface area contributed by atoms with Crippen LogP contribution in [-0.2, 0) is 0 Å². The summed E-state index contributed by atoms with van der Waals surface area (Å²) < 4.78 is 5.45. The van der Waals surface area contributed by atoms with Crippen LogP contribution in [-0.4, -0.2) is 16.8 Å². The molecule has 1 aromatic heterocycles. The van der Waals surface area contributed by atoms with Gasteiger partial charge in [-0.2, -0.15) is 0 Å². The van der Waals surface area contributed by atoms with Crippen molar-refractivity contribution in [2.24, 2.45) is 11.8 Å². The van der Waals surface area contributed by atoms with Crippen molar-refractivity contribution >= 4 is 5.57 Å². The van der Waals surface area contributed by atoms with Crippen LogP contribution in [0.5, 0.6) is 5.75 Å². The lowest BCUT2D eigenvalue weighted by molar-refractivity contribution is 0.217. The minimum absolute atomic E-state index is 0.0124. The molecule has 0 aliphatic carbocycles. The fraction of sp³-hybridized carbons (Fsp3) is 0.531. The van der Waals surface area contributed by atoms with Crippen molar-refractivity contribution in [3.8, 4) is 5.75 Å². The van der Waals surface area contributed by atoms with Crippen molar-refractivity contribution < 1.29 is 14.6 Å². The van der Waals surface area contributed by atoms with E-state index in [9.17, 15) is 15.0 Å². The highest BCUT2D eigenvalue weighted by molar-refractivity contribution is 5.64. The van der Waals surface area contributed by atoms with Gasteiger partial charge in [-0.05, 0) is 91.6 Å². The molecule has 0 saturated heterocycles. The quantitative estimate of drug-likeness (QED) is 0.212. The largest absolute Gasteiger partial charge is 0.507 e. The molecule has 0 aliphatic rings. The van der Waals surface area contributed by atoms with Gasteiger partial charge in [-0.15, -0.1) is 0 Å². The monoisotopic (exact) mass is 496 g/mol. The molecule has 0 amide bonds. The second-order valence-corrected chi connectivity index (χ2v) is 10.5. The summed E-state index contributed by atoms with van der Waals surface area (Å²) in [5.74, 6) is 1.09. The van der Waals surface area contributed by atoms with Crippen LogP contribution in [0.15, 0.2) is 61.9 Å². The third kappa shape index (κ3) is 10.6. The molecule has 200 valence electrons. The van der Waals surface area contributed by atoms with Crippen LogP contribution < -0.4 is 5.63 Å². The van der Waals surface area contributed by atoms with Crippen molar-refractivity contribution in [2.75, 3.05) is 6.61 Å². The van der Waals surface area contributed by atoms with Crippen LogP contribution in [0, 0.1) is 25.7 Å².